The van der Waals surface area contributed by atoms with E-state index in [-0.39, 0.29) is 11.9 Å². The number of carbonyl (C=O) groups is 1. The van der Waals surface area contributed by atoms with Crippen molar-refractivity contribution in [2.45, 2.75) is 25.7 Å². The van der Waals surface area contributed by atoms with E-state index in [1.165, 1.54) is 18.0 Å². The Bertz CT molecular complexity index is 478. The van der Waals surface area contributed by atoms with Gasteiger partial charge in [-0.05, 0) is 19.1 Å². The Morgan fingerprint density at radius 3 is 2.50 bits per heavy atom. The van der Waals surface area contributed by atoms with Crippen LogP contribution in [0.4, 0.5) is 0 Å². The summed E-state index contributed by atoms with van der Waals surface area (Å²) in [5.41, 5.74) is 0. The topological polar surface area (TPSA) is 35.5 Å². The minimum atomic E-state index is -0.369. The number of esters is 1. The van der Waals surface area contributed by atoms with Crippen molar-refractivity contribution in [1.29, 1.82) is 0 Å². The Hall–Kier alpha value is -1.68. The molecular weight excluding hydrogens is 272 g/mol. The normalized spacial score (nSPS) is 11.8. The monoisotopic (exact) mass is 292 g/mol. The van der Waals surface area contributed by atoms with Crippen LogP contribution in [0.5, 0.6) is 0 Å². The average molecular weight is 292 g/mol. The summed E-state index contributed by atoms with van der Waals surface area (Å²) in [4.78, 5) is 13.6. The molecule has 0 atom stereocenters. The maximum absolute atomic E-state index is 12.2. The van der Waals surface area contributed by atoms with Gasteiger partial charge in [-0.3, -0.25) is 0 Å². The molecule has 0 aromatic heterocycles. The van der Waals surface area contributed by atoms with Gasteiger partial charge in [-0.25, -0.2) is 4.79 Å². The van der Waals surface area contributed by atoms with Gasteiger partial charge >= 0.3 is 5.97 Å². The Kier molecular flexibility index (Phi) is 6.94. The van der Waals surface area contributed by atoms with Gasteiger partial charge in [0.1, 0.15) is 10.7 Å². The van der Waals surface area contributed by atoms with E-state index in [9.17, 15) is 4.79 Å². The van der Waals surface area contributed by atoms with Crippen LogP contribution in [0.1, 0.15) is 20.8 Å². The third-order valence-corrected chi connectivity index (χ3v) is 3.46. The highest BCUT2D eigenvalue weighted by Crippen LogP contribution is 2.33. The van der Waals surface area contributed by atoms with E-state index in [1.54, 1.807) is 6.92 Å². The first-order valence-corrected chi connectivity index (χ1v) is 7.33. The molecule has 1 aromatic rings. The molecule has 0 amide bonds. The number of thioether (sulfide) groups is 1. The molecule has 0 aliphatic rings. The molecular formula is C16H20O3S. The van der Waals surface area contributed by atoms with Crippen LogP contribution in [-0.4, -0.2) is 12.6 Å². The van der Waals surface area contributed by atoms with Crippen molar-refractivity contribution in [3.05, 3.63) is 53.8 Å². The van der Waals surface area contributed by atoms with E-state index in [0.29, 0.717) is 17.3 Å². The molecule has 20 heavy (non-hydrogen) atoms. The zero-order valence-electron chi connectivity index (χ0n) is 12.1. The van der Waals surface area contributed by atoms with Crippen molar-refractivity contribution in [2.24, 2.45) is 5.92 Å². The Morgan fingerprint density at radius 2 is 2.00 bits per heavy atom. The highest BCUT2D eigenvalue weighted by molar-refractivity contribution is 8.04. The van der Waals surface area contributed by atoms with Gasteiger partial charge in [-0.1, -0.05) is 50.4 Å². The Labute approximate surface area is 124 Å². The fraction of sp³-hybridized carbons (Fsp3) is 0.312. The highest BCUT2D eigenvalue weighted by Gasteiger charge is 2.21. The molecule has 4 heteroatoms. The first-order chi connectivity index (χ1) is 9.60. The fourth-order valence-electron chi connectivity index (χ4n) is 1.54. The van der Waals surface area contributed by atoms with E-state index in [0.717, 1.165) is 4.90 Å². The fourth-order valence-corrected chi connectivity index (χ4v) is 2.59. The maximum Gasteiger partial charge on any atom is 0.348 e. The summed E-state index contributed by atoms with van der Waals surface area (Å²) in [5.74, 6) is 0.267. The summed E-state index contributed by atoms with van der Waals surface area (Å²) in [6.07, 6.45) is 1.33. The van der Waals surface area contributed by atoms with Gasteiger partial charge in [0, 0.05) is 10.8 Å². The van der Waals surface area contributed by atoms with E-state index in [4.69, 9.17) is 9.47 Å². The largest absolute Gasteiger partial charge is 0.468 e. The number of hydrogen-bond acceptors (Lipinski definition) is 4. The molecule has 1 aromatic carbocycles. The lowest BCUT2D eigenvalue weighted by atomic mass is 10.1. The first-order valence-electron chi connectivity index (χ1n) is 6.51. The van der Waals surface area contributed by atoms with Crippen LogP contribution in [-0.2, 0) is 14.3 Å². The zero-order valence-corrected chi connectivity index (χ0v) is 12.9. The smallest absolute Gasteiger partial charge is 0.348 e. The van der Waals surface area contributed by atoms with Gasteiger partial charge < -0.3 is 9.47 Å². The Morgan fingerprint density at radius 1 is 1.35 bits per heavy atom. The van der Waals surface area contributed by atoms with Crippen molar-refractivity contribution in [3.63, 3.8) is 0 Å². The van der Waals surface area contributed by atoms with Crippen molar-refractivity contribution in [1.82, 2.24) is 0 Å². The standard InChI is InChI=1S/C16H20O3S/c1-5-18-14(12(3)4)15(16(17)19-6-2)20-13-10-8-7-9-11-13/h5,7-12H,1,6H2,2-4H3/b15-14-. The van der Waals surface area contributed by atoms with Crippen LogP contribution in [0, 0.1) is 5.92 Å². The number of hydrogen-bond donors (Lipinski definition) is 0. The molecule has 0 N–H and O–H groups in total. The van der Waals surface area contributed by atoms with Gasteiger partial charge in [0.15, 0.2) is 0 Å². The van der Waals surface area contributed by atoms with Crippen LogP contribution in [0.3, 0.4) is 0 Å². The van der Waals surface area contributed by atoms with Gasteiger partial charge in [-0.15, -0.1) is 0 Å². The summed E-state index contributed by atoms with van der Waals surface area (Å²) in [6.45, 7) is 9.60. The molecule has 0 bridgehead atoms. The molecule has 3 nitrogen and oxygen atoms in total. The second-order valence-electron chi connectivity index (χ2n) is 4.27. The number of ether oxygens (including phenoxy) is 2. The van der Waals surface area contributed by atoms with Crippen LogP contribution in [0.2, 0.25) is 0 Å². The van der Waals surface area contributed by atoms with E-state index >= 15 is 0 Å². The van der Waals surface area contributed by atoms with Crippen molar-refractivity contribution in [2.75, 3.05) is 6.61 Å². The number of carbonyl (C=O) groups excluding carboxylic acids is 1. The van der Waals surface area contributed by atoms with E-state index < -0.39 is 0 Å². The molecule has 0 saturated heterocycles. The molecule has 0 aliphatic carbocycles. The molecule has 108 valence electrons. The SMILES string of the molecule is C=CO/C(=C(\Sc1ccccc1)C(=O)OCC)C(C)C. The van der Waals surface area contributed by atoms with E-state index in [2.05, 4.69) is 6.58 Å². The van der Waals surface area contributed by atoms with Crippen molar-refractivity contribution in [3.8, 4) is 0 Å². The Balaban J connectivity index is 3.15. The average Bonchev–Trinajstić information content (AvgIpc) is 2.43. The second-order valence-corrected chi connectivity index (χ2v) is 5.35. The van der Waals surface area contributed by atoms with Gasteiger partial charge in [0.2, 0.25) is 0 Å². The zero-order chi connectivity index (χ0) is 15.0. The predicted octanol–water partition coefficient (Wildman–Crippen LogP) is 4.37. The van der Waals surface area contributed by atoms with E-state index in [1.807, 2.05) is 44.2 Å². The summed E-state index contributed by atoms with van der Waals surface area (Å²) in [6, 6.07) is 9.66. The molecule has 0 aliphatic heterocycles. The number of allylic oxidation sites excluding steroid dienone is 1. The molecule has 0 heterocycles. The second kappa shape index (κ2) is 8.48. The minimum absolute atomic E-state index is 0.0589. The quantitative estimate of drug-likeness (QED) is 0.323. The molecule has 0 fully saturated rings. The van der Waals surface area contributed by atoms with Crippen LogP contribution >= 0.6 is 11.8 Å². The number of rotatable bonds is 7. The minimum Gasteiger partial charge on any atom is -0.468 e. The lowest BCUT2D eigenvalue weighted by Crippen LogP contribution is -2.11. The van der Waals surface area contributed by atoms with Crippen molar-refractivity contribution >= 4 is 17.7 Å². The van der Waals surface area contributed by atoms with Gasteiger partial charge in [-0.2, -0.15) is 0 Å². The molecule has 0 unspecified atom stereocenters. The van der Waals surface area contributed by atoms with Gasteiger partial charge in [0.05, 0.1) is 12.9 Å². The van der Waals surface area contributed by atoms with Crippen molar-refractivity contribution < 1.29 is 14.3 Å². The third-order valence-electron chi connectivity index (χ3n) is 2.38. The first kappa shape index (κ1) is 16.4. The van der Waals surface area contributed by atoms with Crippen LogP contribution in [0.15, 0.2) is 58.7 Å². The van der Waals surface area contributed by atoms with Gasteiger partial charge in [0.25, 0.3) is 0 Å². The lowest BCUT2D eigenvalue weighted by Gasteiger charge is -2.15. The molecule has 1 rings (SSSR count). The molecule has 0 saturated carbocycles. The lowest BCUT2D eigenvalue weighted by molar-refractivity contribution is -0.137. The maximum atomic E-state index is 12.2. The summed E-state index contributed by atoms with van der Waals surface area (Å²) >= 11 is 1.35. The van der Waals surface area contributed by atoms with Crippen LogP contribution in [0.25, 0.3) is 0 Å². The van der Waals surface area contributed by atoms with Crippen LogP contribution < -0.4 is 0 Å². The predicted molar refractivity (Wildman–Crippen MR) is 82.1 cm³/mol. The summed E-state index contributed by atoms with van der Waals surface area (Å²) in [7, 11) is 0. The highest BCUT2D eigenvalue weighted by atomic mass is 32.2. The molecule has 0 spiro atoms. The third kappa shape index (κ3) is 4.78. The molecule has 0 radical (unpaired) electrons. The summed E-state index contributed by atoms with van der Waals surface area (Å²) < 4.78 is 10.5. The summed E-state index contributed by atoms with van der Waals surface area (Å²) in [5, 5.41) is 0. The number of benzene rings is 1.